The summed E-state index contributed by atoms with van der Waals surface area (Å²) in [5, 5.41) is 19.0. The SMILES string of the molecule is CC(C)C[C@H](C(=O)N1CCN(c2ccccn2)CC1)[C@H](O)C(=O)O. The monoisotopic (exact) mass is 335 g/mol. The minimum atomic E-state index is -1.66. The first-order valence-electron chi connectivity index (χ1n) is 8.25. The molecule has 1 saturated heterocycles. The van der Waals surface area contributed by atoms with E-state index < -0.39 is 18.0 Å². The zero-order valence-corrected chi connectivity index (χ0v) is 14.1. The number of amides is 1. The van der Waals surface area contributed by atoms with Crippen molar-refractivity contribution in [2.45, 2.75) is 26.4 Å². The lowest BCUT2D eigenvalue weighted by Crippen LogP contribution is -2.53. The van der Waals surface area contributed by atoms with Crippen molar-refractivity contribution >= 4 is 17.7 Å². The van der Waals surface area contributed by atoms with Crippen LogP contribution < -0.4 is 4.90 Å². The van der Waals surface area contributed by atoms with Crippen LogP contribution in [0.4, 0.5) is 5.82 Å². The summed E-state index contributed by atoms with van der Waals surface area (Å²) < 4.78 is 0. The van der Waals surface area contributed by atoms with Crippen LogP contribution in [-0.2, 0) is 9.59 Å². The Hall–Kier alpha value is -2.15. The second-order valence-corrected chi connectivity index (χ2v) is 6.52. The molecule has 2 N–H and O–H groups in total. The highest BCUT2D eigenvalue weighted by atomic mass is 16.4. The summed E-state index contributed by atoms with van der Waals surface area (Å²) in [6.07, 6.45) is 0.426. The summed E-state index contributed by atoms with van der Waals surface area (Å²) in [4.78, 5) is 31.8. The number of aliphatic hydroxyl groups is 1. The first kappa shape index (κ1) is 18.2. The first-order chi connectivity index (χ1) is 11.4. The number of rotatable bonds is 6. The van der Waals surface area contributed by atoms with Crippen LogP contribution >= 0.6 is 0 Å². The van der Waals surface area contributed by atoms with Gasteiger partial charge >= 0.3 is 5.97 Å². The Labute approximate surface area is 141 Å². The van der Waals surface area contributed by atoms with Crippen molar-refractivity contribution in [3.05, 3.63) is 24.4 Å². The smallest absolute Gasteiger partial charge is 0.333 e. The molecule has 0 aliphatic carbocycles. The molecule has 0 spiro atoms. The number of carbonyl (C=O) groups is 2. The molecular formula is C17H25N3O4. The third kappa shape index (κ3) is 4.44. The number of hydrogen-bond donors (Lipinski definition) is 2. The fourth-order valence-corrected chi connectivity index (χ4v) is 2.98. The number of carboxylic acid groups (broad SMARTS) is 1. The Bertz CT molecular complexity index is 556. The van der Waals surface area contributed by atoms with E-state index in [1.54, 1.807) is 11.1 Å². The lowest BCUT2D eigenvalue weighted by Gasteiger charge is -2.37. The van der Waals surface area contributed by atoms with Crippen LogP contribution in [0.5, 0.6) is 0 Å². The van der Waals surface area contributed by atoms with Gasteiger partial charge in [-0.1, -0.05) is 19.9 Å². The molecule has 24 heavy (non-hydrogen) atoms. The molecule has 2 rings (SSSR count). The van der Waals surface area contributed by atoms with Gasteiger partial charge in [0.15, 0.2) is 6.10 Å². The molecule has 1 fully saturated rings. The zero-order chi connectivity index (χ0) is 17.7. The highest BCUT2D eigenvalue weighted by Gasteiger charge is 2.36. The van der Waals surface area contributed by atoms with Crippen LogP contribution in [0.3, 0.4) is 0 Å². The lowest BCUT2D eigenvalue weighted by atomic mass is 9.90. The third-order valence-corrected chi connectivity index (χ3v) is 4.24. The standard InChI is InChI=1S/C17H25N3O4/c1-12(2)11-13(15(21)17(23)24)16(22)20-9-7-19(8-10-20)14-5-3-4-6-18-14/h3-6,12-13,15,21H,7-11H2,1-2H3,(H,23,24)/t13-,15-/m0/s1. The van der Waals surface area contributed by atoms with E-state index in [1.165, 1.54) is 0 Å². The number of hydrogen-bond acceptors (Lipinski definition) is 5. The minimum Gasteiger partial charge on any atom is -0.479 e. The summed E-state index contributed by atoms with van der Waals surface area (Å²) in [5.41, 5.74) is 0. The number of piperazine rings is 1. The fourth-order valence-electron chi connectivity index (χ4n) is 2.98. The topological polar surface area (TPSA) is 94.0 Å². The Balaban J connectivity index is 2.00. The molecule has 0 radical (unpaired) electrons. The third-order valence-electron chi connectivity index (χ3n) is 4.24. The molecule has 1 aliphatic heterocycles. The normalized spacial score (nSPS) is 17.7. The molecular weight excluding hydrogens is 310 g/mol. The number of anilines is 1. The second kappa shape index (κ2) is 8.10. The average molecular weight is 335 g/mol. The number of aromatic nitrogens is 1. The van der Waals surface area contributed by atoms with Gasteiger partial charge in [-0.25, -0.2) is 9.78 Å². The number of nitrogens with zero attached hydrogens (tertiary/aromatic N) is 3. The molecule has 1 aromatic rings. The van der Waals surface area contributed by atoms with Gasteiger partial charge in [-0.3, -0.25) is 4.79 Å². The predicted molar refractivity (Wildman–Crippen MR) is 89.6 cm³/mol. The van der Waals surface area contributed by atoms with Crippen molar-refractivity contribution in [3.8, 4) is 0 Å². The Morgan fingerprint density at radius 2 is 1.88 bits per heavy atom. The van der Waals surface area contributed by atoms with Crippen molar-refractivity contribution in [2.75, 3.05) is 31.1 Å². The number of aliphatic hydroxyl groups excluding tert-OH is 1. The second-order valence-electron chi connectivity index (χ2n) is 6.52. The van der Waals surface area contributed by atoms with Crippen LogP contribution in [0.1, 0.15) is 20.3 Å². The van der Waals surface area contributed by atoms with Gasteiger partial charge < -0.3 is 20.0 Å². The molecule has 0 aromatic carbocycles. The van der Waals surface area contributed by atoms with Crippen LogP contribution in [0, 0.1) is 11.8 Å². The van der Waals surface area contributed by atoms with Crippen LogP contribution in [0.15, 0.2) is 24.4 Å². The number of carboxylic acids is 1. The van der Waals surface area contributed by atoms with Gasteiger partial charge in [0.05, 0.1) is 5.92 Å². The minimum absolute atomic E-state index is 0.128. The maximum Gasteiger partial charge on any atom is 0.333 e. The van der Waals surface area contributed by atoms with E-state index in [0.717, 1.165) is 5.82 Å². The summed E-state index contributed by atoms with van der Waals surface area (Å²) in [7, 11) is 0. The molecule has 7 heteroatoms. The largest absolute Gasteiger partial charge is 0.479 e. The number of carbonyl (C=O) groups excluding carboxylic acids is 1. The highest BCUT2D eigenvalue weighted by Crippen LogP contribution is 2.21. The van der Waals surface area contributed by atoms with Gasteiger partial charge in [-0.2, -0.15) is 0 Å². The van der Waals surface area contributed by atoms with Crippen molar-refractivity contribution in [3.63, 3.8) is 0 Å². The van der Waals surface area contributed by atoms with Crippen LogP contribution in [0.25, 0.3) is 0 Å². The van der Waals surface area contributed by atoms with Gasteiger partial charge in [-0.05, 0) is 24.5 Å². The fraction of sp³-hybridized carbons (Fsp3) is 0.588. The predicted octanol–water partition coefficient (Wildman–Crippen LogP) is 0.838. The maximum absolute atomic E-state index is 12.7. The van der Waals surface area contributed by atoms with E-state index in [1.807, 2.05) is 32.0 Å². The molecule has 1 amide bonds. The average Bonchev–Trinajstić information content (AvgIpc) is 2.59. The molecule has 0 unspecified atom stereocenters. The molecule has 7 nitrogen and oxygen atoms in total. The number of aliphatic carboxylic acids is 1. The molecule has 132 valence electrons. The van der Waals surface area contributed by atoms with E-state index in [2.05, 4.69) is 9.88 Å². The molecule has 0 saturated carbocycles. The van der Waals surface area contributed by atoms with E-state index in [9.17, 15) is 14.7 Å². The van der Waals surface area contributed by atoms with E-state index >= 15 is 0 Å². The highest BCUT2D eigenvalue weighted by molar-refractivity contribution is 5.86. The summed E-state index contributed by atoms with van der Waals surface area (Å²) in [5.74, 6) is -1.53. The van der Waals surface area contributed by atoms with Crippen LogP contribution in [-0.4, -0.2) is 64.3 Å². The molecule has 1 aromatic heterocycles. The van der Waals surface area contributed by atoms with Crippen molar-refractivity contribution in [1.82, 2.24) is 9.88 Å². The summed E-state index contributed by atoms with van der Waals surface area (Å²) in [6.45, 7) is 6.09. The molecule has 0 bridgehead atoms. The Morgan fingerprint density at radius 1 is 1.21 bits per heavy atom. The van der Waals surface area contributed by atoms with Gasteiger partial charge in [0.25, 0.3) is 0 Å². The van der Waals surface area contributed by atoms with Gasteiger partial charge in [0.2, 0.25) is 5.91 Å². The van der Waals surface area contributed by atoms with E-state index in [0.29, 0.717) is 32.6 Å². The zero-order valence-electron chi connectivity index (χ0n) is 14.1. The summed E-state index contributed by atoms with van der Waals surface area (Å²) in [6, 6.07) is 5.70. The Morgan fingerprint density at radius 3 is 2.38 bits per heavy atom. The van der Waals surface area contributed by atoms with Crippen LogP contribution in [0.2, 0.25) is 0 Å². The number of pyridine rings is 1. The summed E-state index contributed by atoms with van der Waals surface area (Å²) >= 11 is 0. The molecule has 1 aliphatic rings. The van der Waals surface area contributed by atoms with Gasteiger partial charge in [-0.15, -0.1) is 0 Å². The van der Waals surface area contributed by atoms with Gasteiger partial charge in [0, 0.05) is 32.4 Å². The lowest BCUT2D eigenvalue weighted by molar-refractivity contribution is -0.157. The van der Waals surface area contributed by atoms with Crippen molar-refractivity contribution < 1.29 is 19.8 Å². The Kier molecular flexibility index (Phi) is 6.14. The molecule has 2 atom stereocenters. The van der Waals surface area contributed by atoms with Gasteiger partial charge in [0.1, 0.15) is 5.82 Å². The maximum atomic E-state index is 12.7. The quantitative estimate of drug-likeness (QED) is 0.800. The van der Waals surface area contributed by atoms with E-state index in [-0.39, 0.29) is 11.8 Å². The molecule has 2 heterocycles. The first-order valence-corrected chi connectivity index (χ1v) is 8.25. The van der Waals surface area contributed by atoms with E-state index in [4.69, 9.17) is 5.11 Å². The van der Waals surface area contributed by atoms with Crippen molar-refractivity contribution in [2.24, 2.45) is 11.8 Å². The van der Waals surface area contributed by atoms with Crippen molar-refractivity contribution in [1.29, 1.82) is 0 Å².